The van der Waals surface area contributed by atoms with E-state index in [1.165, 1.54) is 0 Å². The fourth-order valence-electron chi connectivity index (χ4n) is 1.86. The van der Waals surface area contributed by atoms with Crippen molar-refractivity contribution in [2.24, 2.45) is 5.41 Å². The van der Waals surface area contributed by atoms with Crippen molar-refractivity contribution in [3.05, 3.63) is 12.2 Å². The summed E-state index contributed by atoms with van der Waals surface area (Å²) < 4.78 is 11.1. The second kappa shape index (κ2) is 6.61. The molecule has 0 aromatic carbocycles. The highest BCUT2D eigenvalue weighted by atomic mass is 16.6. The van der Waals surface area contributed by atoms with Crippen molar-refractivity contribution in [2.45, 2.75) is 59.7 Å². The number of nitrogens with zero attached hydrogens (tertiary/aromatic N) is 1. The van der Waals surface area contributed by atoms with Gasteiger partial charge in [-0.05, 0) is 32.6 Å². The lowest BCUT2D eigenvalue weighted by molar-refractivity contribution is -0.0264. The van der Waals surface area contributed by atoms with Gasteiger partial charge < -0.3 is 14.4 Å². The number of carbonyl (C=O) groups excluding carboxylic acids is 1. The first-order chi connectivity index (χ1) is 9.07. The summed E-state index contributed by atoms with van der Waals surface area (Å²) in [6.45, 7) is 14.0. The molecule has 0 aliphatic carbocycles. The Bertz CT molecular complexity index is 350. The van der Waals surface area contributed by atoms with E-state index in [2.05, 4.69) is 32.9 Å². The minimum absolute atomic E-state index is 0.0291. The summed E-state index contributed by atoms with van der Waals surface area (Å²) >= 11 is 0. The summed E-state index contributed by atoms with van der Waals surface area (Å²) in [6, 6.07) is 0. The highest BCUT2D eigenvalue weighted by molar-refractivity contribution is 5.68. The molecule has 116 valence electrons. The van der Waals surface area contributed by atoms with Gasteiger partial charge >= 0.3 is 6.09 Å². The van der Waals surface area contributed by atoms with Gasteiger partial charge in [0.2, 0.25) is 0 Å². The topological polar surface area (TPSA) is 38.8 Å². The van der Waals surface area contributed by atoms with Crippen molar-refractivity contribution in [3.8, 4) is 0 Å². The van der Waals surface area contributed by atoms with Crippen LogP contribution in [0.4, 0.5) is 4.79 Å². The largest absolute Gasteiger partial charge is 0.444 e. The molecule has 1 heterocycles. The average Bonchev–Trinajstić information content (AvgIpc) is 2.25. The maximum absolute atomic E-state index is 12.0. The van der Waals surface area contributed by atoms with Gasteiger partial charge in [-0.1, -0.05) is 32.9 Å². The molecule has 4 heteroatoms. The first kappa shape index (κ1) is 17.0. The highest BCUT2D eigenvalue weighted by Gasteiger charge is 2.27. The Morgan fingerprint density at radius 3 is 2.50 bits per heavy atom. The molecule has 20 heavy (non-hydrogen) atoms. The van der Waals surface area contributed by atoms with Crippen LogP contribution >= 0.6 is 0 Å². The first-order valence-electron chi connectivity index (χ1n) is 7.33. The standard InChI is InChI=1S/C16H29NO3/c1-15(2,3)9-7-8-13-12-17(10-11-19-13)14(18)20-16(4,5)6/h7-8,13H,9-12H2,1-6H3. The van der Waals surface area contributed by atoms with E-state index in [0.717, 1.165) is 6.42 Å². The fourth-order valence-corrected chi connectivity index (χ4v) is 1.86. The van der Waals surface area contributed by atoms with Crippen LogP contribution in [-0.4, -0.2) is 42.4 Å². The number of hydrogen-bond donors (Lipinski definition) is 0. The zero-order valence-electron chi connectivity index (χ0n) is 13.7. The quantitative estimate of drug-likeness (QED) is 0.727. The average molecular weight is 283 g/mol. The third-order valence-corrected chi connectivity index (χ3v) is 2.83. The third kappa shape index (κ3) is 6.94. The Balaban J connectivity index is 2.48. The Kier molecular flexibility index (Phi) is 5.63. The molecule has 0 bridgehead atoms. The van der Waals surface area contributed by atoms with Crippen molar-refractivity contribution < 1.29 is 14.3 Å². The molecule has 1 rings (SSSR count). The van der Waals surface area contributed by atoms with Crippen LogP contribution in [0.25, 0.3) is 0 Å². The van der Waals surface area contributed by atoms with Gasteiger partial charge in [-0.15, -0.1) is 0 Å². The van der Waals surface area contributed by atoms with Crippen LogP contribution in [-0.2, 0) is 9.47 Å². The number of ether oxygens (including phenoxy) is 2. The molecule has 1 amide bonds. The number of morpholine rings is 1. The summed E-state index contributed by atoms with van der Waals surface area (Å²) in [5, 5.41) is 0. The molecule has 0 aromatic rings. The van der Waals surface area contributed by atoms with Crippen molar-refractivity contribution in [3.63, 3.8) is 0 Å². The number of amides is 1. The van der Waals surface area contributed by atoms with Gasteiger partial charge in [0.25, 0.3) is 0 Å². The van der Waals surface area contributed by atoms with E-state index in [1.54, 1.807) is 4.90 Å². The maximum Gasteiger partial charge on any atom is 0.410 e. The molecule has 1 atom stereocenters. The lowest BCUT2D eigenvalue weighted by Gasteiger charge is -2.33. The molecule has 1 unspecified atom stereocenters. The van der Waals surface area contributed by atoms with E-state index in [9.17, 15) is 4.79 Å². The van der Waals surface area contributed by atoms with Crippen molar-refractivity contribution in [1.29, 1.82) is 0 Å². The molecule has 4 nitrogen and oxygen atoms in total. The zero-order chi connectivity index (χ0) is 15.4. The van der Waals surface area contributed by atoms with E-state index in [4.69, 9.17) is 9.47 Å². The molecule has 0 radical (unpaired) electrons. The predicted molar refractivity (Wildman–Crippen MR) is 80.8 cm³/mol. The Morgan fingerprint density at radius 1 is 1.30 bits per heavy atom. The molecule has 0 N–H and O–H groups in total. The van der Waals surface area contributed by atoms with Gasteiger partial charge in [0.15, 0.2) is 0 Å². The van der Waals surface area contributed by atoms with E-state index < -0.39 is 5.60 Å². The van der Waals surface area contributed by atoms with Gasteiger partial charge in [-0.25, -0.2) is 4.79 Å². The molecule has 1 aliphatic rings. The molecular formula is C16H29NO3. The maximum atomic E-state index is 12.0. The van der Waals surface area contributed by atoms with Crippen LogP contribution in [0.2, 0.25) is 0 Å². The van der Waals surface area contributed by atoms with E-state index in [0.29, 0.717) is 19.7 Å². The van der Waals surface area contributed by atoms with Gasteiger partial charge in [0.05, 0.1) is 19.3 Å². The monoisotopic (exact) mass is 283 g/mol. The second-order valence-corrected chi connectivity index (χ2v) is 7.53. The van der Waals surface area contributed by atoms with Gasteiger partial charge in [-0.2, -0.15) is 0 Å². The Morgan fingerprint density at radius 2 is 1.95 bits per heavy atom. The summed E-state index contributed by atoms with van der Waals surface area (Å²) in [4.78, 5) is 13.7. The fraction of sp³-hybridized carbons (Fsp3) is 0.812. The lowest BCUT2D eigenvalue weighted by Crippen LogP contribution is -2.46. The number of rotatable bonds is 2. The molecule has 1 fully saturated rings. The SMILES string of the molecule is CC(C)(C)CC=CC1CN(C(=O)OC(C)(C)C)CCO1. The van der Waals surface area contributed by atoms with E-state index in [-0.39, 0.29) is 17.6 Å². The molecule has 0 aromatic heterocycles. The van der Waals surface area contributed by atoms with Crippen molar-refractivity contribution >= 4 is 6.09 Å². The Labute approximate surface area is 123 Å². The van der Waals surface area contributed by atoms with Crippen LogP contribution in [0.1, 0.15) is 48.0 Å². The van der Waals surface area contributed by atoms with Crippen molar-refractivity contribution in [1.82, 2.24) is 4.90 Å². The smallest absolute Gasteiger partial charge is 0.410 e. The molecule has 1 aliphatic heterocycles. The van der Waals surface area contributed by atoms with Crippen LogP contribution < -0.4 is 0 Å². The second-order valence-electron chi connectivity index (χ2n) is 7.53. The third-order valence-electron chi connectivity index (χ3n) is 2.83. The number of carbonyl (C=O) groups is 1. The van der Waals surface area contributed by atoms with E-state index >= 15 is 0 Å². The molecule has 1 saturated heterocycles. The number of allylic oxidation sites excluding steroid dienone is 1. The molecular weight excluding hydrogens is 254 g/mol. The zero-order valence-corrected chi connectivity index (χ0v) is 13.7. The summed E-state index contributed by atoms with van der Waals surface area (Å²) in [5.74, 6) is 0. The highest BCUT2D eigenvalue weighted by Crippen LogP contribution is 2.19. The van der Waals surface area contributed by atoms with E-state index in [1.807, 2.05) is 20.8 Å². The van der Waals surface area contributed by atoms with Crippen LogP contribution in [0.3, 0.4) is 0 Å². The first-order valence-corrected chi connectivity index (χ1v) is 7.33. The van der Waals surface area contributed by atoms with Gasteiger partial charge in [-0.3, -0.25) is 0 Å². The normalized spacial score (nSPS) is 21.3. The van der Waals surface area contributed by atoms with Crippen molar-refractivity contribution in [2.75, 3.05) is 19.7 Å². The molecule has 0 saturated carbocycles. The number of hydrogen-bond acceptors (Lipinski definition) is 3. The van der Waals surface area contributed by atoms with Crippen LogP contribution in [0, 0.1) is 5.41 Å². The van der Waals surface area contributed by atoms with Crippen LogP contribution in [0.5, 0.6) is 0 Å². The van der Waals surface area contributed by atoms with Gasteiger partial charge in [0.1, 0.15) is 5.60 Å². The minimum atomic E-state index is -0.451. The lowest BCUT2D eigenvalue weighted by atomic mass is 9.92. The van der Waals surface area contributed by atoms with Crippen LogP contribution in [0.15, 0.2) is 12.2 Å². The summed E-state index contributed by atoms with van der Waals surface area (Å²) in [5.41, 5.74) is -0.178. The Hall–Kier alpha value is -1.03. The molecule has 0 spiro atoms. The predicted octanol–water partition coefficient (Wildman–Crippen LogP) is 3.61. The summed E-state index contributed by atoms with van der Waals surface area (Å²) in [6.07, 6.45) is 4.92. The van der Waals surface area contributed by atoms with Gasteiger partial charge in [0, 0.05) is 6.54 Å². The minimum Gasteiger partial charge on any atom is -0.444 e. The summed E-state index contributed by atoms with van der Waals surface area (Å²) in [7, 11) is 0.